The smallest absolute Gasteiger partial charge is 0.255 e. The van der Waals surface area contributed by atoms with Crippen LogP contribution in [-0.2, 0) is 0 Å². The molecular formula is C14H13IN2O2. The molecule has 1 amide bonds. The minimum atomic E-state index is -0.192. The Bertz CT molecular complexity index is 614. The number of rotatable bonds is 3. The average molecular weight is 368 g/mol. The highest BCUT2D eigenvalue weighted by atomic mass is 127. The number of nitrogen functional groups attached to an aromatic ring is 1. The first-order valence-electron chi connectivity index (χ1n) is 5.61. The number of benzene rings is 2. The van der Waals surface area contributed by atoms with Gasteiger partial charge < -0.3 is 15.8 Å². The van der Waals surface area contributed by atoms with Crippen molar-refractivity contribution >= 4 is 39.9 Å². The number of anilines is 2. The number of amides is 1. The van der Waals surface area contributed by atoms with Gasteiger partial charge in [-0.3, -0.25) is 4.79 Å². The fourth-order valence-electron chi connectivity index (χ4n) is 1.61. The molecule has 4 nitrogen and oxygen atoms in total. The molecule has 0 bridgehead atoms. The maximum absolute atomic E-state index is 12.1. The second-order valence-electron chi connectivity index (χ2n) is 3.89. The summed E-state index contributed by atoms with van der Waals surface area (Å²) in [4.78, 5) is 12.1. The second kappa shape index (κ2) is 5.92. The van der Waals surface area contributed by atoms with E-state index in [4.69, 9.17) is 10.5 Å². The van der Waals surface area contributed by atoms with Crippen molar-refractivity contribution in [1.29, 1.82) is 0 Å². The van der Waals surface area contributed by atoms with Gasteiger partial charge in [0.1, 0.15) is 5.75 Å². The predicted molar refractivity (Wildman–Crippen MR) is 84.5 cm³/mol. The number of hydrogen-bond donors (Lipinski definition) is 2. The molecule has 3 N–H and O–H groups in total. The summed E-state index contributed by atoms with van der Waals surface area (Å²) in [5.41, 5.74) is 7.51. The standard InChI is InChI=1S/C14H13IN2O2/c1-19-13-8-9(6-7-11(13)16)14(18)17-12-5-3-2-4-10(12)15/h2-8H,16H2,1H3,(H,17,18). The lowest BCUT2D eigenvalue weighted by Crippen LogP contribution is -2.13. The lowest BCUT2D eigenvalue weighted by molar-refractivity contribution is 0.102. The highest BCUT2D eigenvalue weighted by molar-refractivity contribution is 14.1. The minimum absolute atomic E-state index is 0.192. The molecule has 0 aliphatic rings. The summed E-state index contributed by atoms with van der Waals surface area (Å²) < 4.78 is 6.09. The van der Waals surface area contributed by atoms with Crippen molar-refractivity contribution in [3.05, 3.63) is 51.6 Å². The average Bonchev–Trinajstić information content (AvgIpc) is 2.42. The quantitative estimate of drug-likeness (QED) is 0.646. The molecule has 0 atom stereocenters. The number of ether oxygens (including phenoxy) is 1. The van der Waals surface area contributed by atoms with Crippen molar-refractivity contribution in [2.75, 3.05) is 18.2 Å². The topological polar surface area (TPSA) is 64.3 Å². The summed E-state index contributed by atoms with van der Waals surface area (Å²) >= 11 is 2.17. The number of nitrogens with two attached hydrogens (primary N) is 1. The third-order valence-electron chi connectivity index (χ3n) is 2.62. The third kappa shape index (κ3) is 3.17. The fourth-order valence-corrected chi connectivity index (χ4v) is 2.13. The SMILES string of the molecule is COc1cc(C(=O)Nc2ccccc2I)ccc1N. The number of hydrogen-bond acceptors (Lipinski definition) is 3. The van der Waals surface area contributed by atoms with E-state index >= 15 is 0 Å². The van der Waals surface area contributed by atoms with Gasteiger partial charge in [-0.2, -0.15) is 0 Å². The van der Waals surface area contributed by atoms with E-state index < -0.39 is 0 Å². The van der Waals surface area contributed by atoms with Crippen molar-refractivity contribution < 1.29 is 9.53 Å². The van der Waals surface area contributed by atoms with Crippen LogP contribution in [0.15, 0.2) is 42.5 Å². The zero-order valence-corrected chi connectivity index (χ0v) is 12.5. The van der Waals surface area contributed by atoms with Crippen LogP contribution in [0.25, 0.3) is 0 Å². The number of carbonyl (C=O) groups excluding carboxylic acids is 1. The summed E-state index contributed by atoms with van der Waals surface area (Å²) in [6, 6.07) is 12.5. The minimum Gasteiger partial charge on any atom is -0.495 e. The molecule has 2 aromatic carbocycles. The molecule has 0 spiro atoms. The van der Waals surface area contributed by atoms with Gasteiger partial charge in [-0.05, 0) is 52.9 Å². The normalized spacial score (nSPS) is 10.0. The number of methoxy groups -OCH3 is 1. The van der Waals surface area contributed by atoms with E-state index in [0.717, 1.165) is 9.26 Å². The van der Waals surface area contributed by atoms with Gasteiger partial charge in [0.15, 0.2) is 0 Å². The first-order chi connectivity index (χ1) is 9.11. The Morgan fingerprint density at radius 3 is 2.68 bits per heavy atom. The molecular weight excluding hydrogens is 355 g/mol. The second-order valence-corrected chi connectivity index (χ2v) is 5.05. The van der Waals surface area contributed by atoms with E-state index in [-0.39, 0.29) is 5.91 Å². The number of nitrogens with one attached hydrogen (secondary N) is 1. The largest absolute Gasteiger partial charge is 0.495 e. The molecule has 0 aliphatic heterocycles. The summed E-state index contributed by atoms with van der Waals surface area (Å²) in [5.74, 6) is 0.304. The van der Waals surface area contributed by atoms with Gasteiger partial charge in [-0.25, -0.2) is 0 Å². The van der Waals surface area contributed by atoms with E-state index in [1.54, 1.807) is 18.2 Å². The molecule has 0 saturated carbocycles. The van der Waals surface area contributed by atoms with Crippen LogP contribution in [0.3, 0.4) is 0 Å². The van der Waals surface area contributed by atoms with Crippen molar-refractivity contribution in [3.8, 4) is 5.75 Å². The van der Waals surface area contributed by atoms with Gasteiger partial charge >= 0.3 is 0 Å². The van der Waals surface area contributed by atoms with Crippen LogP contribution in [0.5, 0.6) is 5.75 Å². The highest BCUT2D eigenvalue weighted by Gasteiger charge is 2.10. The van der Waals surface area contributed by atoms with Crippen LogP contribution in [0.1, 0.15) is 10.4 Å². The molecule has 2 aromatic rings. The van der Waals surface area contributed by atoms with Crippen molar-refractivity contribution in [1.82, 2.24) is 0 Å². The van der Waals surface area contributed by atoms with Crippen molar-refractivity contribution in [2.45, 2.75) is 0 Å². The van der Waals surface area contributed by atoms with Crippen LogP contribution in [0, 0.1) is 3.57 Å². The molecule has 2 rings (SSSR count). The lowest BCUT2D eigenvalue weighted by atomic mass is 10.1. The monoisotopic (exact) mass is 368 g/mol. The van der Waals surface area contributed by atoms with Crippen molar-refractivity contribution in [2.24, 2.45) is 0 Å². The van der Waals surface area contributed by atoms with Gasteiger partial charge in [0.2, 0.25) is 0 Å². The molecule has 98 valence electrons. The zero-order valence-electron chi connectivity index (χ0n) is 10.3. The predicted octanol–water partition coefficient (Wildman–Crippen LogP) is 3.13. The molecule has 0 heterocycles. The Morgan fingerprint density at radius 1 is 1.26 bits per heavy atom. The Kier molecular flexibility index (Phi) is 4.26. The molecule has 0 unspecified atom stereocenters. The molecule has 5 heteroatoms. The van der Waals surface area contributed by atoms with E-state index in [0.29, 0.717) is 17.0 Å². The van der Waals surface area contributed by atoms with Crippen molar-refractivity contribution in [3.63, 3.8) is 0 Å². The Labute approximate surface area is 125 Å². The van der Waals surface area contributed by atoms with Crippen LogP contribution in [0.2, 0.25) is 0 Å². The summed E-state index contributed by atoms with van der Waals surface area (Å²) in [6.07, 6.45) is 0. The maximum Gasteiger partial charge on any atom is 0.255 e. The van der Waals surface area contributed by atoms with Crippen LogP contribution < -0.4 is 15.8 Å². The molecule has 0 saturated heterocycles. The van der Waals surface area contributed by atoms with E-state index in [9.17, 15) is 4.79 Å². The van der Waals surface area contributed by atoms with Gasteiger partial charge in [0.05, 0.1) is 18.5 Å². The van der Waals surface area contributed by atoms with Crippen LogP contribution in [-0.4, -0.2) is 13.0 Å². The molecule has 0 aliphatic carbocycles. The van der Waals surface area contributed by atoms with Gasteiger partial charge in [-0.15, -0.1) is 0 Å². The van der Waals surface area contributed by atoms with E-state index in [1.165, 1.54) is 7.11 Å². The van der Waals surface area contributed by atoms with Gasteiger partial charge in [0.25, 0.3) is 5.91 Å². The summed E-state index contributed by atoms with van der Waals surface area (Å²) in [6.45, 7) is 0. The molecule has 0 fully saturated rings. The number of para-hydroxylation sites is 1. The van der Waals surface area contributed by atoms with Gasteiger partial charge in [-0.1, -0.05) is 12.1 Å². The highest BCUT2D eigenvalue weighted by Crippen LogP contribution is 2.23. The Hall–Kier alpha value is -1.76. The fraction of sp³-hybridized carbons (Fsp3) is 0.0714. The van der Waals surface area contributed by atoms with Crippen LogP contribution >= 0.6 is 22.6 Å². The first kappa shape index (κ1) is 13.7. The molecule has 0 aromatic heterocycles. The maximum atomic E-state index is 12.1. The van der Waals surface area contributed by atoms with E-state index in [1.807, 2.05) is 24.3 Å². The lowest BCUT2D eigenvalue weighted by Gasteiger charge is -2.09. The Morgan fingerprint density at radius 2 is 2.00 bits per heavy atom. The zero-order chi connectivity index (χ0) is 13.8. The number of halogens is 1. The summed E-state index contributed by atoms with van der Waals surface area (Å²) in [5, 5.41) is 2.85. The Balaban J connectivity index is 2.23. The molecule has 19 heavy (non-hydrogen) atoms. The van der Waals surface area contributed by atoms with Gasteiger partial charge in [0, 0.05) is 9.13 Å². The summed E-state index contributed by atoms with van der Waals surface area (Å²) in [7, 11) is 1.52. The third-order valence-corrected chi connectivity index (χ3v) is 3.56. The first-order valence-corrected chi connectivity index (χ1v) is 6.69. The van der Waals surface area contributed by atoms with Crippen LogP contribution in [0.4, 0.5) is 11.4 Å². The molecule has 0 radical (unpaired) electrons. The van der Waals surface area contributed by atoms with E-state index in [2.05, 4.69) is 27.9 Å². The number of carbonyl (C=O) groups is 1.